The van der Waals surface area contributed by atoms with Crippen LogP contribution in [0.25, 0.3) is 5.69 Å². The number of likely N-dealkylation sites (tertiary alicyclic amines) is 1. The Hall–Kier alpha value is -3.73. The first-order valence-corrected chi connectivity index (χ1v) is 13.5. The Kier molecular flexibility index (Phi) is 7.93. The van der Waals surface area contributed by atoms with Crippen molar-refractivity contribution in [3.8, 4) is 5.69 Å². The van der Waals surface area contributed by atoms with Crippen LogP contribution in [0, 0.1) is 11.7 Å². The van der Waals surface area contributed by atoms with Crippen molar-refractivity contribution in [1.82, 2.24) is 14.7 Å². The van der Waals surface area contributed by atoms with Gasteiger partial charge in [0.05, 0.1) is 17.4 Å². The fourth-order valence-electron chi connectivity index (χ4n) is 5.18. The number of nitrogens with one attached hydrogen (secondary N) is 1. The minimum absolute atomic E-state index is 0.0465. The third-order valence-electron chi connectivity index (χ3n) is 7.53. The van der Waals surface area contributed by atoms with Gasteiger partial charge in [-0.1, -0.05) is 31.0 Å². The van der Waals surface area contributed by atoms with Crippen molar-refractivity contribution in [2.24, 2.45) is 11.7 Å². The van der Waals surface area contributed by atoms with E-state index in [0.717, 1.165) is 36.8 Å². The zero-order valence-corrected chi connectivity index (χ0v) is 21.9. The summed E-state index contributed by atoms with van der Waals surface area (Å²) in [6.07, 6.45) is 1.35. The number of nitrogens with zero attached hydrogens (tertiary/aromatic N) is 3. The van der Waals surface area contributed by atoms with Gasteiger partial charge in [0, 0.05) is 25.6 Å². The molecule has 1 aromatic heterocycles. The van der Waals surface area contributed by atoms with Crippen molar-refractivity contribution in [2.75, 3.05) is 11.9 Å². The minimum atomic E-state index is -4.80. The first-order valence-electron chi connectivity index (χ1n) is 13.5. The van der Waals surface area contributed by atoms with Crippen molar-refractivity contribution >= 4 is 17.5 Å². The number of alkyl halides is 3. The number of amides is 2. The average molecular weight is 558 g/mol. The van der Waals surface area contributed by atoms with Crippen LogP contribution in [0.1, 0.15) is 78.3 Å². The van der Waals surface area contributed by atoms with E-state index < -0.39 is 29.3 Å². The van der Waals surface area contributed by atoms with Crippen LogP contribution in [-0.4, -0.2) is 33.0 Å². The van der Waals surface area contributed by atoms with Crippen LogP contribution in [0.3, 0.4) is 0 Å². The van der Waals surface area contributed by atoms with Crippen molar-refractivity contribution in [3.05, 3.63) is 76.9 Å². The van der Waals surface area contributed by atoms with E-state index in [1.165, 1.54) is 24.3 Å². The Morgan fingerprint density at radius 3 is 2.62 bits per heavy atom. The van der Waals surface area contributed by atoms with Crippen LogP contribution in [0.4, 0.5) is 23.2 Å². The third kappa shape index (κ3) is 6.19. The standard InChI is InChI=1S/C29H31F4N5O2/c30-22-11-10-20(24(12-9-18-7-8-18)37-13-2-1-6-27(37)39)15-23(22)35-28(40)25-16-26(29(31,32)33)36-38(25)21-5-3-4-19(14-21)17-34/h3-5,10-11,14-16,18,24H,1-2,6-9,12-13,17,34H2,(H,35,40). The van der Waals surface area contributed by atoms with Crippen LogP contribution in [0.2, 0.25) is 0 Å². The second kappa shape index (κ2) is 11.4. The lowest BCUT2D eigenvalue weighted by Gasteiger charge is -2.35. The summed E-state index contributed by atoms with van der Waals surface area (Å²) in [5.41, 5.74) is 5.34. The molecule has 2 aromatic carbocycles. The smallest absolute Gasteiger partial charge is 0.336 e. The number of carbonyl (C=O) groups is 2. The normalized spacial score (nSPS) is 16.7. The van der Waals surface area contributed by atoms with Gasteiger partial charge < -0.3 is 16.0 Å². The molecule has 1 aliphatic heterocycles. The Morgan fingerprint density at radius 2 is 1.93 bits per heavy atom. The molecule has 2 heterocycles. The second-order valence-corrected chi connectivity index (χ2v) is 10.5. The predicted molar refractivity (Wildman–Crippen MR) is 141 cm³/mol. The van der Waals surface area contributed by atoms with Crippen molar-refractivity contribution in [2.45, 2.75) is 63.7 Å². The zero-order valence-electron chi connectivity index (χ0n) is 21.9. The molecule has 1 saturated carbocycles. The van der Waals surface area contributed by atoms with E-state index in [1.54, 1.807) is 18.2 Å². The molecule has 0 spiro atoms. The molecule has 2 aliphatic rings. The summed E-state index contributed by atoms with van der Waals surface area (Å²) in [5, 5.41) is 6.07. The molecule has 11 heteroatoms. The minimum Gasteiger partial charge on any atom is -0.336 e. The number of rotatable bonds is 9. The summed E-state index contributed by atoms with van der Waals surface area (Å²) in [6, 6.07) is 11.0. The molecular weight excluding hydrogens is 526 g/mol. The number of nitrogens with two attached hydrogens (primary N) is 1. The highest BCUT2D eigenvalue weighted by molar-refractivity contribution is 6.03. The lowest BCUT2D eigenvalue weighted by atomic mass is 9.95. The molecule has 3 aromatic rings. The predicted octanol–water partition coefficient (Wildman–Crippen LogP) is 5.99. The van der Waals surface area contributed by atoms with Gasteiger partial charge in [-0.15, -0.1) is 0 Å². The first-order chi connectivity index (χ1) is 19.1. The summed E-state index contributed by atoms with van der Waals surface area (Å²) < 4.78 is 56.5. The molecule has 40 heavy (non-hydrogen) atoms. The molecule has 1 saturated heterocycles. The van der Waals surface area contributed by atoms with Gasteiger partial charge in [-0.05, 0) is 67.0 Å². The summed E-state index contributed by atoms with van der Waals surface area (Å²) in [5.74, 6) is -1.02. The third-order valence-corrected chi connectivity index (χ3v) is 7.53. The Morgan fingerprint density at radius 1 is 1.12 bits per heavy atom. The van der Waals surface area contributed by atoms with Gasteiger partial charge >= 0.3 is 6.18 Å². The van der Waals surface area contributed by atoms with Crippen molar-refractivity contribution < 1.29 is 27.2 Å². The molecule has 1 unspecified atom stereocenters. The van der Waals surface area contributed by atoms with Crippen LogP contribution in [0.5, 0.6) is 0 Å². The highest BCUT2D eigenvalue weighted by Crippen LogP contribution is 2.39. The largest absolute Gasteiger partial charge is 0.435 e. The van der Waals surface area contributed by atoms with E-state index >= 15 is 0 Å². The molecule has 212 valence electrons. The maximum Gasteiger partial charge on any atom is 0.435 e. The lowest BCUT2D eigenvalue weighted by molar-refractivity contribution is -0.141. The number of carbonyl (C=O) groups excluding carboxylic acids is 2. The fraction of sp³-hybridized carbons (Fsp3) is 0.414. The van der Waals surface area contributed by atoms with Crippen LogP contribution < -0.4 is 11.1 Å². The summed E-state index contributed by atoms with van der Waals surface area (Å²) >= 11 is 0. The van der Waals surface area contributed by atoms with Gasteiger partial charge in [-0.2, -0.15) is 18.3 Å². The second-order valence-electron chi connectivity index (χ2n) is 10.5. The van der Waals surface area contributed by atoms with Crippen LogP contribution >= 0.6 is 0 Å². The zero-order chi connectivity index (χ0) is 28.4. The lowest BCUT2D eigenvalue weighted by Crippen LogP contribution is -2.38. The van der Waals surface area contributed by atoms with Gasteiger partial charge in [-0.25, -0.2) is 9.07 Å². The number of benzene rings is 2. The highest BCUT2D eigenvalue weighted by atomic mass is 19.4. The Bertz CT molecular complexity index is 1400. The maximum absolute atomic E-state index is 15.0. The molecular formula is C29H31F4N5O2. The number of anilines is 1. The molecule has 7 nitrogen and oxygen atoms in total. The molecule has 1 atom stereocenters. The van der Waals surface area contributed by atoms with E-state index in [-0.39, 0.29) is 29.9 Å². The average Bonchev–Trinajstić information content (AvgIpc) is 3.64. The monoisotopic (exact) mass is 557 g/mol. The Labute approximate surface area is 229 Å². The van der Waals surface area contributed by atoms with Gasteiger partial charge in [0.1, 0.15) is 11.5 Å². The molecule has 5 rings (SSSR count). The van der Waals surface area contributed by atoms with E-state index in [0.29, 0.717) is 42.5 Å². The first kappa shape index (κ1) is 27.8. The van der Waals surface area contributed by atoms with Crippen LogP contribution in [0.15, 0.2) is 48.5 Å². The number of halogens is 4. The number of hydrogen-bond acceptors (Lipinski definition) is 4. The summed E-state index contributed by atoms with van der Waals surface area (Å²) in [7, 11) is 0. The number of aromatic nitrogens is 2. The number of piperidine rings is 1. The fourth-order valence-corrected chi connectivity index (χ4v) is 5.18. The van der Waals surface area contributed by atoms with E-state index in [4.69, 9.17) is 5.73 Å². The van der Waals surface area contributed by atoms with Gasteiger partial charge in [0.25, 0.3) is 5.91 Å². The van der Waals surface area contributed by atoms with Crippen molar-refractivity contribution in [3.63, 3.8) is 0 Å². The van der Waals surface area contributed by atoms with Gasteiger partial charge in [-0.3, -0.25) is 9.59 Å². The van der Waals surface area contributed by atoms with Gasteiger partial charge in [0.15, 0.2) is 5.69 Å². The SMILES string of the molecule is NCc1cccc(-n2nc(C(F)(F)F)cc2C(=O)Nc2cc(C(CCC3CC3)N3CCCCC3=O)ccc2F)c1. The molecule has 2 amide bonds. The quantitative estimate of drug-likeness (QED) is 0.317. The van der Waals surface area contributed by atoms with Crippen LogP contribution in [-0.2, 0) is 17.5 Å². The molecule has 0 bridgehead atoms. The van der Waals surface area contributed by atoms with E-state index in [1.807, 2.05) is 4.90 Å². The van der Waals surface area contributed by atoms with Gasteiger partial charge in [0.2, 0.25) is 5.91 Å². The topological polar surface area (TPSA) is 93.2 Å². The number of hydrogen-bond donors (Lipinski definition) is 2. The summed E-state index contributed by atoms with van der Waals surface area (Å²) in [6.45, 7) is 0.747. The molecule has 3 N–H and O–H groups in total. The summed E-state index contributed by atoms with van der Waals surface area (Å²) in [4.78, 5) is 27.9. The Balaban J connectivity index is 1.46. The maximum atomic E-state index is 15.0. The van der Waals surface area contributed by atoms with E-state index in [9.17, 15) is 27.2 Å². The molecule has 2 fully saturated rings. The highest BCUT2D eigenvalue weighted by Gasteiger charge is 2.36. The molecule has 1 aliphatic carbocycles. The van der Waals surface area contributed by atoms with Crippen molar-refractivity contribution in [1.29, 1.82) is 0 Å². The molecule has 0 radical (unpaired) electrons. The van der Waals surface area contributed by atoms with E-state index in [2.05, 4.69) is 10.4 Å².